The SMILES string of the molecule is Cc1nc2ccc(Cl)cc2n1-c1nc(N)cc(Nc2ccc(C(F)(F)F)cc2)n1. The van der Waals surface area contributed by atoms with E-state index in [0.717, 1.165) is 17.6 Å². The Morgan fingerprint density at radius 3 is 2.41 bits per heavy atom. The highest BCUT2D eigenvalue weighted by Crippen LogP contribution is 2.30. The molecule has 4 aromatic rings. The van der Waals surface area contributed by atoms with Crippen LogP contribution < -0.4 is 11.1 Å². The van der Waals surface area contributed by atoms with Crippen molar-refractivity contribution >= 4 is 40.0 Å². The minimum Gasteiger partial charge on any atom is -0.383 e. The molecule has 2 aromatic heterocycles. The summed E-state index contributed by atoms with van der Waals surface area (Å²) in [6, 6.07) is 11.4. The lowest BCUT2D eigenvalue weighted by Gasteiger charge is -2.11. The number of alkyl halides is 3. The van der Waals surface area contributed by atoms with Crippen LogP contribution in [0.1, 0.15) is 11.4 Å². The van der Waals surface area contributed by atoms with E-state index in [4.69, 9.17) is 17.3 Å². The molecule has 29 heavy (non-hydrogen) atoms. The van der Waals surface area contributed by atoms with Gasteiger partial charge < -0.3 is 11.1 Å². The van der Waals surface area contributed by atoms with E-state index in [0.29, 0.717) is 27.9 Å². The molecule has 4 rings (SSSR count). The summed E-state index contributed by atoms with van der Waals surface area (Å²) in [6.45, 7) is 1.80. The van der Waals surface area contributed by atoms with Crippen LogP contribution in [0.5, 0.6) is 0 Å². The molecule has 3 N–H and O–H groups in total. The molecule has 0 saturated carbocycles. The third-order valence-electron chi connectivity index (χ3n) is 4.20. The molecule has 2 heterocycles. The molecule has 6 nitrogen and oxygen atoms in total. The van der Waals surface area contributed by atoms with Crippen molar-refractivity contribution in [3.63, 3.8) is 0 Å². The van der Waals surface area contributed by atoms with E-state index in [2.05, 4.69) is 20.3 Å². The predicted molar refractivity (Wildman–Crippen MR) is 106 cm³/mol. The van der Waals surface area contributed by atoms with Crippen molar-refractivity contribution in [1.82, 2.24) is 19.5 Å². The summed E-state index contributed by atoms with van der Waals surface area (Å²) < 4.78 is 39.9. The van der Waals surface area contributed by atoms with E-state index in [-0.39, 0.29) is 11.8 Å². The number of hydrogen-bond donors (Lipinski definition) is 2. The van der Waals surface area contributed by atoms with Crippen molar-refractivity contribution in [3.05, 3.63) is 64.9 Å². The quantitative estimate of drug-likeness (QED) is 0.482. The van der Waals surface area contributed by atoms with Gasteiger partial charge in [0, 0.05) is 16.8 Å². The monoisotopic (exact) mass is 418 g/mol. The Morgan fingerprint density at radius 1 is 1.00 bits per heavy atom. The summed E-state index contributed by atoms with van der Waals surface area (Å²) in [6.07, 6.45) is -4.40. The lowest BCUT2D eigenvalue weighted by atomic mass is 10.2. The third-order valence-corrected chi connectivity index (χ3v) is 4.44. The van der Waals surface area contributed by atoms with E-state index >= 15 is 0 Å². The number of nitrogens with two attached hydrogens (primary N) is 1. The summed E-state index contributed by atoms with van der Waals surface area (Å²) in [5.74, 6) is 1.42. The first kappa shape index (κ1) is 19.0. The second-order valence-electron chi connectivity index (χ2n) is 6.31. The van der Waals surface area contributed by atoms with Crippen LogP contribution in [0.15, 0.2) is 48.5 Å². The van der Waals surface area contributed by atoms with Crippen molar-refractivity contribution in [2.75, 3.05) is 11.1 Å². The summed E-state index contributed by atoms with van der Waals surface area (Å²) in [5.41, 5.74) is 7.05. The maximum atomic E-state index is 12.7. The smallest absolute Gasteiger partial charge is 0.383 e. The molecule has 0 fully saturated rings. The largest absolute Gasteiger partial charge is 0.416 e. The van der Waals surface area contributed by atoms with E-state index < -0.39 is 11.7 Å². The normalized spacial score (nSPS) is 11.8. The van der Waals surface area contributed by atoms with Crippen molar-refractivity contribution in [2.45, 2.75) is 13.1 Å². The van der Waals surface area contributed by atoms with Crippen LogP contribution in [0.3, 0.4) is 0 Å². The number of fused-ring (bicyclic) bond motifs is 1. The molecule has 0 amide bonds. The Hall–Kier alpha value is -3.33. The fraction of sp³-hybridized carbons (Fsp3) is 0.105. The van der Waals surface area contributed by atoms with Crippen molar-refractivity contribution < 1.29 is 13.2 Å². The van der Waals surface area contributed by atoms with Crippen LogP contribution >= 0.6 is 11.6 Å². The number of hydrogen-bond acceptors (Lipinski definition) is 5. The van der Waals surface area contributed by atoms with Gasteiger partial charge in [-0.05, 0) is 49.4 Å². The van der Waals surface area contributed by atoms with Crippen LogP contribution in [0.25, 0.3) is 17.0 Å². The van der Waals surface area contributed by atoms with E-state index in [9.17, 15) is 13.2 Å². The Labute approximate surface area is 168 Å². The van der Waals surface area contributed by atoms with Crippen LogP contribution in [-0.2, 0) is 6.18 Å². The molecule has 10 heteroatoms. The number of anilines is 3. The van der Waals surface area contributed by atoms with Crippen LogP contribution in [-0.4, -0.2) is 19.5 Å². The molecular formula is C19H14ClF3N6. The highest BCUT2D eigenvalue weighted by Gasteiger charge is 2.29. The zero-order valence-electron chi connectivity index (χ0n) is 15.0. The number of nitrogens with zero attached hydrogens (tertiary/aromatic N) is 4. The molecule has 2 aromatic carbocycles. The summed E-state index contributed by atoms with van der Waals surface area (Å²) >= 11 is 6.10. The number of rotatable bonds is 3. The van der Waals surface area contributed by atoms with Gasteiger partial charge in [-0.25, -0.2) is 4.98 Å². The van der Waals surface area contributed by atoms with E-state index in [1.165, 1.54) is 18.2 Å². The molecule has 0 aliphatic carbocycles. The average Bonchev–Trinajstić information content (AvgIpc) is 2.96. The highest BCUT2D eigenvalue weighted by molar-refractivity contribution is 6.31. The molecule has 0 radical (unpaired) electrons. The number of aromatic nitrogens is 4. The van der Waals surface area contributed by atoms with Crippen molar-refractivity contribution in [3.8, 4) is 5.95 Å². The zero-order valence-corrected chi connectivity index (χ0v) is 15.8. The molecule has 0 spiro atoms. The van der Waals surface area contributed by atoms with Gasteiger partial charge in [0.1, 0.15) is 17.5 Å². The van der Waals surface area contributed by atoms with Gasteiger partial charge in [-0.1, -0.05) is 11.6 Å². The predicted octanol–water partition coefficient (Wildman–Crippen LogP) is 5.12. The second-order valence-corrected chi connectivity index (χ2v) is 6.74. The van der Waals surface area contributed by atoms with E-state index in [1.54, 1.807) is 29.7 Å². The van der Waals surface area contributed by atoms with Crippen LogP contribution in [0.4, 0.5) is 30.5 Å². The summed E-state index contributed by atoms with van der Waals surface area (Å²) in [4.78, 5) is 13.2. The fourth-order valence-electron chi connectivity index (χ4n) is 2.93. The molecular weight excluding hydrogens is 405 g/mol. The number of benzene rings is 2. The van der Waals surface area contributed by atoms with Crippen molar-refractivity contribution in [1.29, 1.82) is 0 Å². The lowest BCUT2D eigenvalue weighted by Crippen LogP contribution is -2.08. The molecule has 0 unspecified atom stereocenters. The zero-order chi connectivity index (χ0) is 20.8. The summed E-state index contributed by atoms with van der Waals surface area (Å²) in [7, 11) is 0. The topological polar surface area (TPSA) is 81.7 Å². The molecule has 0 aliphatic rings. The Bertz CT molecular complexity index is 1200. The summed E-state index contributed by atoms with van der Waals surface area (Å²) in [5, 5.41) is 3.48. The van der Waals surface area contributed by atoms with Gasteiger partial charge in [0.15, 0.2) is 0 Å². The van der Waals surface area contributed by atoms with E-state index in [1.807, 2.05) is 0 Å². The Balaban J connectivity index is 1.72. The van der Waals surface area contributed by atoms with Gasteiger partial charge >= 0.3 is 6.18 Å². The second kappa shape index (κ2) is 6.93. The van der Waals surface area contributed by atoms with Gasteiger partial charge in [-0.3, -0.25) is 4.57 Å². The number of nitrogen functional groups attached to an aromatic ring is 1. The number of imidazole rings is 1. The first-order valence-corrected chi connectivity index (χ1v) is 8.82. The lowest BCUT2D eigenvalue weighted by molar-refractivity contribution is -0.137. The van der Waals surface area contributed by atoms with Gasteiger partial charge in [-0.2, -0.15) is 23.1 Å². The van der Waals surface area contributed by atoms with Crippen LogP contribution in [0.2, 0.25) is 5.02 Å². The van der Waals surface area contributed by atoms with Gasteiger partial charge in [0.2, 0.25) is 5.95 Å². The molecule has 0 bridgehead atoms. The maximum absolute atomic E-state index is 12.7. The van der Waals surface area contributed by atoms with Crippen molar-refractivity contribution in [2.24, 2.45) is 0 Å². The average molecular weight is 419 g/mol. The first-order valence-electron chi connectivity index (χ1n) is 8.44. The third kappa shape index (κ3) is 3.81. The van der Waals surface area contributed by atoms with Gasteiger partial charge in [0.05, 0.1) is 16.6 Å². The number of halogens is 4. The van der Waals surface area contributed by atoms with Gasteiger partial charge in [0.25, 0.3) is 0 Å². The highest BCUT2D eigenvalue weighted by atomic mass is 35.5. The first-order chi connectivity index (χ1) is 13.7. The molecule has 0 saturated heterocycles. The Morgan fingerprint density at radius 2 is 1.72 bits per heavy atom. The number of aryl methyl sites for hydroxylation is 1. The fourth-order valence-corrected chi connectivity index (χ4v) is 3.09. The van der Waals surface area contributed by atoms with Crippen LogP contribution in [0, 0.1) is 6.92 Å². The standard InChI is InChI=1S/C19H14ClF3N6/c1-10-25-14-7-4-12(20)8-15(14)29(10)18-27-16(24)9-17(28-18)26-13-5-2-11(3-6-13)19(21,22)23/h2-9H,1H3,(H3,24,26,27,28). The van der Waals surface area contributed by atoms with Gasteiger partial charge in [-0.15, -0.1) is 0 Å². The minimum atomic E-state index is -4.40. The molecule has 0 atom stereocenters. The Kier molecular flexibility index (Phi) is 4.54. The molecule has 148 valence electrons. The minimum absolute atomic E-state index is 0.188. The number of nitrogens with one attached hydrogen (secondary N) is 1. The molecule has 0 aliphatic heterocycles. The maximum Gasteiger partial charge on any atom is 0.416 e.